The van der Waals surface area contributed by atoms with Crippen LogP contribution in [0.1, 0.15) is 40.5 Å². The summed E-state index contributed by atoms with van der Waals surface area (Å²) in [5.41, 5.74) is 3.36. The van der Waals surface area contributed by atoms with E-state index in [-0.39, 0.29) is 29.9 Å². The molecule has 1 spiro atoms. The second-order valence-electron chi connectivity index (χ2n) is 9.81. The Kier molecular flexibility index (Phi) is 5.85. The highest BCUT2D eigenvalue weighted by Gasteiger charge is 2.50. The maximum absolute atomic E-state index is 13.3. The van der Waals surface area contributed by atoms with Gasteiger partial charge in [-0.15, -0.1) is 11.3 Å². The number of nitrogens with zero attached hydrogens (tertiary/aromatic N) is 5. The van der Waals surface area contributed by atoms with Crippen molar-refractivity contribution in [3.05, 3.63) is 72.1 Å². The number of anilines is 1. The number of rotatable bonds is 6. The van der Waals surface area contributed by atoms with Crippen LogP contribution in [0.2, 0.25) is 0 Å². The molecule has 4 heterocycles. The molecule has 0 unspecified atom stereocenters. The fourth-order valence-corrected chi connectivity index (χ4v) is 6.49. The molecule has 2 aliphatic rings. The lowest BCUT2D eigenvalue weighted by atomic mass is 9.64. The zero-order chi connectivity index (χ0) is 25.6. The van der Waals surface area contributed by atoms with Crippen LogP contribution >= 0.6 is 11.3 Å². The van der Waals surface area contributed by atoms with Gasteiger partial charge in [0.25, 0.3) is 5.91 Å². The van der Waals surface area contributed by atoms with E-state index in [1.54, 1.807) is 18.5 Å². The minimum Gasteiger partial charge on any atom is -0.392 e. The summed E-state index contributed by atoms with van der Waals surface area (Å²) in [5, 5.41) is 12.6. The van der Waals surface area contributed by atoms with E-state index < -0.39 is 0 Å². The van der Waals surface area contributed by atoms with Crippen molar-refractivity contribution in [3.8, 4) is 10.4 Å². The molecule has 0 radical (unpaired) electrons. The van der Waals surface area contributed by atoms with E-state index in [0.717, 1.165) is 59.4 Å². The van der Waals surface area contributed by atoms with Gasteiger partial charge < -0.3 is 14.6 Å². The number of amides is 2. The predicted molar refractivity (Wildman–Crippen MR) is 141 cm³/mol. The Balaban J connectivity index is 1.27. The normalized spacial score (nSPS) is 20.8. The van der Waals surface area contributed by atoms with Crippen molar-refractivity contribution in [1.82, 2.24) is 24.4 Å². The Morgan fingerprint density at radius 3 is 2.78 bits per heavy atom. The third kappa shape index (κ3) is 4.21. The maximum Gasteiger partial charge on any atom is 0.268 e. The van der Waals surface area contributed by atoms with Crippen LogP contribution < -0.4 is 5.32 Å². The number of aliphatic hydroxyl groups excluding tert-OH is 1. The van der Waals surface area contributed by atoms with E-state index in [2.05, 4.69) is 26.4 Å². The number of likely N-dealkylation sites (tertiary alicyclic amines) is 1. The van der Waals surface area contributed by atoms with Gasteiger partial charge >= 0.3 is 0 Å². The number of aliphatic hydroxyl groups is 1. The lowest BCUT2D eigenvalue weighted by Gasteiger charge is -2.46. The molecule has 1 aliphatic carbocycles. The molecular formula is C27H26N6O3S. The van der Waals surface area contributed by atoms with E-state index in [1.165, 1.54) is 23.7 Å². The Hall–Kier alpha value is -3.89. The largest absolute Gasteiger partial charge is 0.392 e. The second kappa shape index (κ2) is 9.20. The number of nitrogens with one attached hydrogen (secondary N) is 1. The van der Waals surface area contributed by atoms with Gasteiger partial charge in [0.05, 0.1) is 22.5 Å². The summed E-state index contributed by atoms with van der Waals surface area (Å²) >= 11 is 1.37. The topological polar surface area (TPSA) is 113 Å². The van der Waals surface area contributed by atoms with E-state index in [9.17, 15) is 14.7 Å². The summed E-state index contributed by atoms with van der Waals surface area (Å²) < 4.78 is 2.11. The lowest BCUT2D eigenvalue weighted by Crippen LogP contribution is -2.42. The Morgan fingerprint density at radius 1 is 1.22 bits per heavy atom. The first kappa shape index (κ1) is 23.5. The van der Waals surface area contributed by atoms with Gasteiger partial charge in [-0.25, -0.2) is 15.0 Å². The summed E-state index contributed by atoms with van der Waals surface area (Å²) in [7, 11) is 0. The third-order valence-corrected chi connectivity index (χ3v) is 8.60. The maximum atomic E-state index is 13.3. The number of fused-ring (bicyclic) bond motifs is 1. The molecule has 9 nitrogen and oxygen atoms in total. The number of imidazole rings is 1. The molecule has 1 aliphatic heterocycles. The van der Waals surface area contributed by atoms with Crippen LogP contribution in [0.4, 0.5) is 5.95 Å². The van der Waals surface area contributed by atoms with Gasteiger partial charge in [-0.05, 0) is 60.6 Å². The summed E-state index contributed by atoms with van der Waals surface area (Å²) in [4.78, 5) is 41.6. The van der Waals surface area contributed by atoms with Gasteiger partial charge in [0.1, 0.15) is 6.33 Å². The molecule has 1 saturated heterocycles. The molecule has 0 bridgehead atoms. The zero-order valence-corrected chi connectivity index (χ0v) is 20.9. The Bertz CT molecular complexity index is 1510. The Labute approximate surface area is 217 Å². The van der Waals surface area contributed by atoms with Gasteiger partial charge in [0, 0.05) is 42.0 Å². The van der Waals surface area contributed by atoms with E-state index in [4.69, 9.17) is 4.98 Å². The molecule has 37 heavy (non-hydrogen) atoms. The quantitative estimate of drug-likeness (QED) is 0.376. The second-order valence-corrected chi connectivity index (χ2v) is 10.9. The monoisotopic (exact) mass is 514 g/mol. The number of benzene rings is 1. The van der Waals surface area contributed by atoms with E-state index in [1.807, 2.05) is 29.2 Å². The summed E-state index contributed by atoms with van der Waals surface area (Å²) in [6.45, 7) is 5.02. The minimum absolute atomic E-state index is 0.0183. The molecule has 1 saturated carbocycles. The highest BCUT2D eigenvalue weighted by atomic mass is 32.1. The van der Waals surface area contributed by atoms with Crippen LogP contribution in [0, 0.1) is 5.41 Å². The molecule has 2 amide bonds. The fourth-order valence-electron chi connectivity index (χ4n) is 5.61. The van der Waals surface area contributed by atoms with Gasteiger partial charge in [0.2, 0.25) is 11.9 Å². The average Bonchev–Trinajstić information content (AvgIpc) is 3.64. The van der Waals surface area contributed by atoms with E-state index in [0.29, 0.717) is 10.8 Å². The van der Waals surface area contributed by atoms with Crippen molar-refractivity contribution in [2.45, 2.75) is 31.9 Å². The summed E-state index contributed by atoms with van der Waals surface area (Å²) in [6, 6.07) is 9.53. The highest BCUT2D eigenvalue weighted by molar-refractivity contribution is 7.17. The number of carbonyl (C=O) groups is 2. The standard InChI is InChI=1S/C27H26N6O3S/c1-2-24(35)32-8-7-27(15-32)10-19(11-27)33-21-4-3-17(14-34)9-20(21)30-26(33)31-25(36)23-6-5-22(37-23)18-12-28-16-29-13-18/h2-6,9,12-13,16,19,34H,1,7-8,10-11,14-15H2,(H,30,31,36). The van der Waals surface area contributed by atoms with E-state index >= 15 is 0 Å². The van der Waals surface area contributed by atoms with Gasteiger partial charge in [-0.2, -0.15) is 0 Å². The van der Waals surface area contributed by atoms with Crippen molar-refractivity contribution in [2.24, 2.45) is 5.41 Å². The van der Waals surface area contributed by atoms with Crippen molar-refractivity contribution in [3.63, 3.8) is 0 Å². The highest BCUT2D eigenvalue weighted by Crippen LogP contribution is 2.55. The SMILES string of the molecule is C=CC(=O)N1CCC2(CC(n3c(NC(=O)c4ccc(-c5cncnc5)s4)nc4cc(CO)ccc43)C2)C1. The van der Waals surface area contributed by atoms with Gasteiger partial charge in [0.15, 0.2) is 0 Å². The van der Waals surface area contributed by atoms with Gasteiger partial charge in [-0.3, -0.25) is 14.9 Å². The number of thiophene rings is 1. The van der Waals surface area contributed by atoms with Crippen LogP contribution in [-0.4, -0.2) is 54.4 Å². The number of aromatic nitrogens is 4. The third-order valence-electron chi connectivity index (χ3n) is 7.46. The summed E-state index contributed by atoms with van der Waals surface area (Å²) in [5.74, 6) is 0.241. The smallest absolute Gasteiger partial charge is 0.268 e. The number of hydrogen-bond acceptors (Lipinski definition) is 7. The fraction of sp³-hybridized carbons (Fsp3) is 0.296. The first-order valence-electron chi connectivity index (χ1n) is 12.2. The molecule has 188 valence electrons. The van der Waals surface area contributed by atoms with Crippen LogP contribution in [0.5, 0.6) is 0 Å². The molecule has 3 aromatic heterocycles. The number of carbonyl (C=O) groups excluding carboxylic acids is 2. The van der Waals surface area contributed by atoms with Crippen molar-refractivity contribution >= 4 is 40.1 Å². The lowest BCUT2D eigenvalue weighted by molar-refractivity contribution is -0.125. The summed E-state index contributed by atoms with van der Waals surface area (Å²) in [6.07, 6.45) is 9.07. The van der Waals surface area contributed by atoms with Crippen LogP contribution in [0.15, 0.2) is 61.7 Å². The van der Waals surface area contributed by atoms with Crippen molar-refractivity contribution in [2.75, 3.05) is 18.4 Å². The molecule has 10 heteroatoms. The van der Waals surface area contributed by atoms with Gasteiger partial charge in [-0.1, -0.05) is 12.6 Å². The molecule has 2 N–H and O–H groups in total. The molecule has 1 aromatic carbocycles. The van der Waals surface area contributed by atoms with Crippen LogP contribution in [-0.2, 0) is 11.4 Å². The average molecular weight is 515 g/mol. The molecule has 4 aromatic rings. The minimum atomic E-state index is -0.232. The molecule has 0 atom stereocenters. The molecule has 2 fully saturated rings. The Morgan fingerprint density at radius 2 is 2.03 bits per heavy atom. The van der Waals surface area contributed by atoms with Crippen LogP contribution in [0.3, 0.4) is 0 Å². The molecule has 6 rings (SSSR count). The molecular weight excluding hydrogens is 488 g/mol. The first-order valence-corrected chi connectivity index (χ1v) is 13.0. The predicted octanol–water partition coefficient (Wildman–Crippen LogP) is 4.04. The number of hydrogen-bond donors (Lipinski definition) is 2. The zero-order valence-electron chi connectivity index (χ0n) is 20.1. The van der Waals surface area contributed by atoms with Crippen LogP contribution in [0.25, 0.3) is 21.5 Å². The van der Waals surface area contributed by atoms with Crippen molar-refractivity contribution < 1.29 is 14.7 Å². The first-order chi connectivity index (χ1) is 18.0. The van der Waals surface area contributed by atoms with Crippen molar-refractivity contribution in [1.29, 1.82) is 0 Å².